The average molecular weight is 534 g/mol. The van der Waals surface area contributed by atoms with Gasteiger partial charge in [-0.25, -0.2) is 9.59 Å². The van der Waals surface area contributed by atoms with E-state index in [1.54, 1.807) is 24.3 Å². The number of carboxylic acids is 1. The Morgan fingerprint density at radius 1 is 1.19 bits per heavy atom. The van der Waals surface area contributed by atoms with Crippen LogP contribution < -0.4 is 10.2 Å². The van der Waals surface area contributed by atoms with Gasteiger partial charge < -0.3 is 20.1 Å². The molecule has 1 saturated carbocycles. The maximum absolute atomic E-state index is 13.8. The summed E-state index contributed by atoms with van der Waals surface area (Å²) in [5.41, 5.74) is -1.29. The molecule has 0 bridgehead atoms. The Morgan fingerprint density at radius 3 is 2.51 bits per heavy atom. The van der Waals surface area contributed by atoms with Crippen molar-refractivity contribution in [2.24, 2.45) is 11.3 Å². The number of carboxylic acid groups (broad SMARTS) is 1. The molecule has 1 aliphatic carbocycles. The fraction of sp³-hybridized carbons (Fsp3) is 0.630. The number of likely N-dealkylation sites (tertiary alicyclic amines) is 1. The summed E-state index contributed by atoms with van der Waals surface area (Å²) in [6.07, 6.45) is 5.13. The molecule has 1 aromatic rings. The van der Waals surface area contributed by atoms with Crippen LogP contribution >= 0.6 is 11.6 Å². The van der Waals surface area contributed by atoms with Crippen LogP contribution in [0.4, 0.5) is 10.5 Å². The van der Waals surface area contributed by atoms with Gasteiger partial charge in [0.05, 0.1) is 13.1 Å². The largest absolute Gasteiger partial charge is 0.480 e. The van der Waals surface area contributed by atoms with Crippen LogP contribution in [-0.4, -0.2) is 64.7 Å². The van der Waals surface area contributed by atoms with Crippen LogP contribution in [0.3, 0.4) is 0 Å². The molecule has 2 N–H and O–H groups in total. The molecule has 0 radical (unpaired) electrons. The van der Waals surface area contributed by atoms with E-state index in [2.05, 4.69) is 5.32 Å². The first-order valence-electron chi connectivity index (χ1n) is 13.0. The smallest absolute Gasteiger partial charge is 0.415 e. The fourth-order valence-electron chi connectivity index (χ4n) is 5.74. The summed E-state index contributed by atoms with van der Waals surface area (Å²) in [5.74, 6) is -1.54. The number of hydrogen-bond acceptors (Lipinski definition) is 5. The van der Waals surface area contributed by atoms with Crippen molar-refractivity contribution in [2.75, 3.05) is 18.0 Å². The lowest BCUT2D eigenvalue weighted by atomic mass is 9.84. The van der Waals surface area contributed by atoms with Gasteiger partial charge in [-0.05, 0) is 42.4 Å². The van der Waals surface area contributed by atoms with Gasteiger partial charge in [0.2, 0.25) is 11.8 Å². The monoisotopic (exact) mass is 533 g/mol. The third-order valence-corrected chi connectivity index (χ3v) is 7.91. The molecule has 3 amide bonds. The first kappa shape index (κ1) is 27.2. The molecule has 1 unspecified atom stereocenters. The maximum Gasteiger partial charge on any atom is 0.415 e. The minimum absolute atomic E-state index is 0.0379. The van der Waals surface area contributed by atoms with Crippen LogP contribution in [0.2, 0.25) is 5.02 Å². The second-order valence-corrected chi connectivity index (χ2v) is 12.2. The molecule has 3 aliphatic rings. The number of aliphatic carboxylic acids is 1. The normalized spacial score (nSPS) is 25.3. The van der Waals surface area contributed by atoms with E-state index in [0.29, 0.717) is 23.0 Å². The number of benzene rings is 1. The molecular weight excluding hydrogens is 498 g/mol. The molecule has 10 heteroatoms. The van der Waals surface area contributed by atoms with Gasteiger partial charge in [-0.15, -0.1) is 0 Å². The van der Waals surface area contributed by atoms with Crippen molar-refractivity contribution in [1.82, 2.24) is 10.2 Å². The third kappa shape index (κ3) is 6.03. The van der Waals surface area contributed by atoms with Gasteiger partial charge in [0.25, 0.3) is 0 Å². The Morgan fingerprint density at radius 2 is 1.89 bits per heavy atom. The maximum atomic E-state index is 13.8. The predicted molar refractivity (Wildman–Crippen MR) is 138 cm³/mol. The predicted octanol–water partition coefficient (Wildman–Crippen LogP) is 4.22. The first-order valence-corrected chi connectivity index (χ1v) is 13.4. The van der Waals surface area contributed by atoms with E-state index in [4.69, 9.17) is 16.3 Å². The Labute approximate surface area is 222 Å². The van der Waals surface area contributed by atoms with Crippen molar-refractivity contribution in [2.45, 2.75) is 83.4 Å². The summed E-state index contributed by atoms with van der Waals surface area (Å²) in [6, 6.07) is 4.65. The zero-order valence-electron chi connectivity index (χ0n) is 21.7. The molecule has 3 fully saturated rings. The van der Waals surface area contributed by atoms with E-state index >= 15 is 0 Å². The van der Waals surface area contributed by atoms with E-state index in [1.165, 1.54) is 16.2 Å². The van der Waals surface area contributed by atoms with E-state index < -0.39 is 41.1 Å². The Kier molecular flexibility index (Phi) is 7.74. The SMILES string of the molecule is CC(C)(C)C(NC(=O)CC1CCCCC1)C(=O)N1C[C@]2(C[C@H]1C(=O)O)CN(c1cccc(Cl)c1)C(=O)O2. The average Bonchev–Trinajstić information content (AvgIpc) is 3.36. The molecule has 4 rings (SSSR count). The highest BCUT2D eigenvalue weighted by atomic mass is 35.5. The van der Waals surface area contributed by atoms with E-state index in [-0.39, 0.29) is 25.4 Å². The van der Waals surface area contributed by atoms with E-state index in [9.17, 15) is 24.3 Å². The Balaban J connectivity index is 1.52. The third-order valence-electron chi connectivity index (χ3n) is 7.68. The van der Waals surface area contributed by atoms with Crippen molar-refractivity contribution >= 4 is 41.2 Å². The highest BCUT2D eigenvalue weighted by Gasteiger charge is 2.57. The number of rotatable bonds is 6. The fourth-order valence-corrected chi connectivity index (χ4v) is 5.93. The van der Waals surface area contributed by atoms with Gasteiger partial charge in [0.1, 0.15) is 12.1 Å². The number of nitrogens with zero attached hydrogens (tertiary/aromatic N) is 2. The van der Waals surface area contributed by atoms with Crippen LogP contribution in [0.25, 0.3) is 0 Å². The van der Waals surface area contributed by atoms with Crippen molar-refractivity contribution < 1.29 is 29.0 Å². The zero-order valence-corrected chi connectivity index (χ0v) is 22.4. The summed E-state index contributed by atoms with van der Waals surface area (Å²) < 4.78 is 5.72. The highest BCUT2D eigenvalue weighted by molar-refractivity contribution is 6.30. The lowest BCUT2D eigenvalue weighted by Gasteiger charge is -2.35. The highest BCUT2D eigenvalue weighted by Crippen LogP contribution is 2.39. The molecule has 1 aromatic carbocycles. The Hall–Kier alpha value is -2.81. The molecule has 2 heterocycles. The van der Waals surface area contributed by atoms with Crippen LogP contribution in [0.15, 0.2) is 24.3 Å². The molecular formula is C27H36ClN3O6. The molecule has 202 valence electrons. The van der Waals surface area contributed by atoms with E-state index in [0.717, 1.165) is 25.7 Å². The number of amides is 3. The second kappa shape index (κ2) is 10.5. The summed E-state index contributed by atoms with van der Waals surface area (Å²) in [5, 5.41) is 13.4. The van der Waals surface area contributed by atoms with Crippen molar-refractivity contribution in [1.29, 1.82) is 0 Å². The summed E-state index contributed by atoms with van der Waals surface area (Å²) in [4.78, 5) is 54.5. The number of anilines is 1. The molecule has 37 heavy (non-hydrogen) atoms. The minimum atomic E-state index is -1.18. The summed E-state index contributed by atoms with van der Waals surface area (Å²) in [6.45, 7) is 5.54. The number of halogens is 1. The van der Waals surface area contributed by atoms with Crippen molar-refractivity contribution in [3.63, 3.8) is 0 Å². The summed E-state index contributed by atoms with van der Waals surface area (Å²) in [7, 11) is 0. The van der Waals surface area contributed by atoms with Gasteiger partial charge in [-0.3, -0.25) is 14.5 Å². The molecule has 9 nitrogen and oxygen atoms in total. The van der Waals surface area contributed by atoms with Gasteiger partial charge >= 0.3 is 12.1 Å². The zero-order chi connectivity index (χ0) is 27.0. The van der Waals surface area contributed by atoms with Gasteiger partial charge in [-0.2, -0.15) is 0 Å². The van der Waals surface area contributed by atoms with Crippen LogP contribution in [-0.2, 0) is 19.1 Å². The van der Waals surface area contributed by atoms with Crippen LogP contribution in [0.5, 0.6) is 0 Å². The molecule has 1 spiro atoms. The summed E-state index contributed by atoms with van der Waals surface area (Å²) >= 11 is 6.09. The quantitative estimate of drug-likeness (QED) is 0.565. The minimum Gasteiger partial charge on any atom is -0.480 e. The molecule has 3 atom stereocenters. The number of nitrogens with one attached hydrogen (secondary N) is 1. The number of ether oxygens (including phenoxy) is 1. The lowest BCUT2D eigenvalue weighted by molar-refractivity contribution is -0.150. The van der Waals surface area contributed by atoms with Gasteiger partial charge in [0.15, 0.2) is 5.60 Å². The topological polar surface area (TPSA) is 116 Å². The Bertz CT molecular complexity index is 1070. The first-order chi connectivity index (χ1) is 17.4. The lowest BCUT2D eigenvalue weighted by Crippen LogP contribution is -2.57. The number of carbonyl (C=O) groups excluding carboxylic acids is 3. The molecule has 2 aliphatic heterocycles. The molecule has 0 aromatic heterocycles. The number of carbonyl (C=O) groups is 4. The second-order valence-electron chi connectivity index (χ2n) is 11.7. The molecule has 2 saturated heterocycles. The number of hydrogen-bond donors (Lipinski definition) is 2. The van der Waals surface area contributed by atoms with Crippen LogP contribution in [0, 0.1) is 11.3 Å². The van der Waals surface area contributed by atoms with Gasteiger partial charge in [-0.1, -0.05) is 57.7 Å². The van der Waals surface area contributed by atoms with E-state index in [1.807, 2.05) is 20.8 Å². The van der Waals surface area contributed by atoms with Gasteiger partial charge in [0, 0.05) is 23.6 Å². The standard InChI is InChI=1S/C27H36ClN3O6/c1-26(2,3)22(29-21(32)12-17-8-5-4-6-9-17)23(33)31-16-27(14-20(31)24(34)35)15-30(25(36)37-27)19-11-7-10-18(28)13-19/h7,10-11,13,17,20,22H,4-6,8-9,12,14-16H2,1-3H3,(H,29,32)(H,34,35)/t20-,22?,27-/m0/s1. The van der Waals surface area contributed by atoms with Crippen LogP contribution in [0.1, 0.15) is 65.7 Å². The van der Waals surface area contributed by atoms with Crippen molar-refractivity contribution in [3.05, 3.63) is 29.3 Å². The van der Waals surface area contributed by atoms with Crippen molar-refractivity contribution in [3.8, 4) is 0 Å².